The molecule has 0 aromatic carbocycles. The van der Waals surface area contributed by atoms with Crippen LogP contribution < -0.4 is 0 Å². The second kappa shape index (κ2) is 5.99. The van der Waals surface area contributed by atoms with Crippen LogP contribution >= 0.6 is 27.5 Å². The summed E-state index contributed by atoms with van der Waals surface area (Å²) in [6.45, 7) is 3.01. The second-order valence-electron chi connectivity index (χ2n) is 4.31. The summed E-state index contributed by atoms with van der Waals surface area (Å²) in [6, 6.07) is 1.82. The number of nitrogens with zero attached hydrogens (tertiary/aromatic N) is 2. The maximum absolute atomic E-state index is 12.4. The summed E-state index contributed by atoms with van der Waals surface area (Å²) >= 11 is 9.10. The monoisotopic (exact) mass is 332 g/mol. The fourth-order valence-electron chi connectivity index (χ4n) is 1.89. The van der Waals surface area contributed by atoms with Crippen LogP contribution in [-0.2, 0) is 4.74 Å². The molecule has 0 saturated carbocycles. The first-order valence-electron chi connectivity index (χ1n) is 5.71. The maximum Gasteiger partial charge on any atom is 0.255 e. The zero-order valence-electron chi connectivity index (χ0n) is 9.97. The molecular formula is C12H14BrClN2O2. The number of hydrogen-bond acceptors (Lipinski definition) is 3. The lowest BCUT2D eigenvalue weighted by atomic mass is 10.1. The molecule has 4 nitrogen and oxygen atoms in total. The number of pyridine rings is 1. The molecule has 0 N–H and O–H groups in total. The van der Waals surface area contributed by atoms with E-state index in [1.807, 2.05) is 6.92 Å². The molecule has 2 rings (SSSR count). The largest absolute Gasteiger partial charge is 0.373 e. The third kappa shape index (κ3) is 3.02. The Morgan fingerprint density at radius 1 is 1.67 bits per heavy atom. The minimum absolute atomic E-state index is 0.0327. The molecule has 98 valence electrons. The van der Waals surface area contributed by atoms with Gasteiger partial charge in [-0.2, -0.15) is 0 Å². The summed E-state index contributed by atoms with van der Waals surface area (Å²) in [5.74, 6) is 0.363. The zero-order valence-corrected chi connectivity index (χ0v) is 12.3. The first-order valence-corrected chi connectivity index (χ1v) is 7.03. The molecule has 1 aromatic heterocycles. The smallest absolute Gasteiger partial charge is 0.255 e. The van der Waals surface area contributed by atoms with Crippen molar-refractivity contribution in [1.82, 2.24) is 9.88 Å². The molecule has 1 amide bonds. The molecule has 1 saturated heterocycles. The van der Waals surface area contributed by atoms with Gasteiger partial charge in [-0.3, -0.25) is 9.78 Å². The van der Waals surface area contributed by atoms with E-state index < -0.39 is 0 Å². The van der Waals surface area contributed by atoms with Gasteiger partial charge in [0, 0.05) is 23.4 Å². The van der Waals surface area contributed by atoms with Gasteiger partial charge in [0.2, 0.25) is 0 Å². The highest BCUT2D eigenvalue weighted by atomic mass is 79.9. The van der Waals surface area contributed by atoms with Gasteiger partial charge >= 0.3 is 0 Å². The van der Waals surface area contributed by atoms with E-state index in [4.69, 9.17) is 16.3 Å². The summed E-state index contributed by atoms with van der Waals surface area (Å²) in [4.78, 5) is 18.2. The van der Waals surface area contributed by atoms with Crippen LogP contribution in [0.15, 0.2) is 22.9 Å². The SMILES string of the molecule is CC1COC(CCl)CN1C(=O)c1cncc(Br)c1. The molecule has 2 heterocycles. The van der Waals surface area contributed by atoms with Crippen LogP contribution in [0.5, 0.6) is 0 Å². The lowest BCUT2D eigenvalue weighted by Gasteiger charge is -2.37. The van der Waals surface area contributed by atoms with E-state index in [9.17, 15) is 4.79 Å². The zero-order chi connectivity index (χ0) is 13.1. The number of rotatable bonds is 2. The topological polar surface area (TPSA) is 42.4 Å². The highest BCUT2D eigenvalue weighted by molar-refractivity contribution is 9.10. The molecule has 6 heteroatoms. The number of carbonyl (C=O) groups excluding carboxylic acids is 1. The lowest BCUT2D eigenvalue weighted by Crippen LogP contribution is -2.51. The van der Waals surface area contributed by atoms with Gasteiger partial charge < -0.3 is 9.64 Å². The molecule has 0 bridgehead atoms. The Hall–Kier alpha value is -0.650. The summed E-state index contributed by atoms with van der Waals surface area (Å²) in [7, 11) is 0. The molecule has 1 fully saturated rings. The number of alkyl halides is 1. The van der Waals surface area contributed by atoms with Crippen molar-refractivity contribution in [2.24, 2.45) is 0 Å². The predicted molar refractivity (Wildman–Crippen MR) is 72.9 cm³/mol. The van der Waals surface area contributed by atoms with Crippen LogP contribution in [0.2, 0.25) is 0 Å². The van der Waals surface area contributed by atoms with E-state index >= 15 is 0 Å². The van der Waals surface area contributed by atoms with Gasteiger partial charge in [0.25, 0.3) is 5.91 Å². The molecule has 1 aromatic rings. The third-order valence-corrected chi connectivity index (χ3v) is 3.67. The lowest BCUT2D eigenvalue weighted by molar-refractivity contribution is -0.0372. The quantitative estimate of drug-likeness (QED) is 0.780. The van der Waals surface area contributed by atoms with Gasteiger partial charge in [-0.15, -0.1) is 11.6 Å². The van der Waals surface area contributed by atoms with Crippen molar-refractivity contribution in [3.63, 3.8) is 0 Å². The van der Waals surface area contributed by atoms with Crippen LogP contribution in [0.4, 0.5) is 0 Å². The number of aromatic nitrogens is 1. The van der Waals surface area contributed by atoms with Gasteiger partial charge in [-0.1, -0.05) is 0 Å². The Morgan fingerprint density at radius 2 is 2.44 bits per heavy atom. The van der Waals surface area contributed by atoms with Crippen LogP contribution in [0.3, 0.4) is 0 Å². The van der Waals surface area contributed by atoms with Crippen LogP contribution in [0, 0.1) is 0 Å². The van der Waals surface area contributed by atoms with Crippen molar-refractivity contribution < 1.29 is 9.53 Å². The van der Waals surface area contributed by atoms with Crippen molar-refractivity contribution in [1.29, 1.82) is 0 Å². The molecule has 2 atom stereocenters. The van der Waals surface area contributed by atoms with Crippen molar-refractivity contribution in [2.45, 2.75) is 19.1 Å². The fourth-order valence-corrected chi connectivity index (χ4v) is 2.44. The summed E-state index contributed by atoms with van der Waals surface area (Å²) in [5.41, 5.74) is 0.575. The van der Waals surface area contributed by atoms with Crippen molar-refractivity contribution >= 4 is 33.4 Å². The third-order valence-electron chi connectivity index (χ3n) is 2.89. The van der Waals surface area contributed by atoms with E-state index in [2.05, 4.69) is 20.9 Å². The van der Waals surface area contributed by atoms with E-state index in [-0.39, 0.29) is 18.1 Å². The highest BCUT2D eigenvalue weighted by Gasteiger charge is 2.29. The summed E-state index contributed by atoms with van der Waals surface area (Å²) in [6.07, 6.45) is 3.14. The van der Waals surface area contributed by atoms with Gasteiger partial charge in [-0.05, 0) is 28.9 Å². The first kappa shape index (κ1) is 13.8. The van der Waals surface area contributed by atoms with Gasteiger partial charge in [0.1, 0.15) is 0 Å². The minimum atomic E-state index is -0.0908. The van der Waals surface area contributed by atoms with E-state index in [1.165, 1.54) is 0 Å². The standard InChI is InChI=1S/C12H14BrClN2O2/c1-8-7-18-11(3-14)6-16(8)12(17)9-2-10(13)5-15-4-9/h2,4-5,8,11H,3,6-7H2,1H3. The maximum atomic E-state index is 12.4. The number of halogens is 2. The Labute approximate surface area is 119 Å². The Balaban J connectivity index is 2.16. The van der Waals surface area contributed by atoms with E-state index in [1.54, 1.807) is 23.4 Å². The molecule has 0 aliphatic carbocycles. The summed E-state index contributed by atoms with van der Waals surface area (Å²) in [5, 5.41) is 0. The van der Waals surface area contributed by atoms with Crippen molar-refractivity contribution in [2.75, 3.05) is 19.0 Å². The number of ether oxygens (including phenoxy) is 1. The highest BCUT2D eigenvalue weighted by Crippen LogP contribution is 2.18. The molecule has 1 aliphatic heterocycles. The Morgan fingerprint density at radius 3 is 3.11 bits per heavy atom. The number of amides is 1. The number of morpholine rings is 1. The normalized spacial score (nSPS) is 24.1. The number of carbonyl (C=O) groups is 1. The Bertz CT molecular complexity index is 444. The average molecular weight is 334 g/mol. The fraction of sp³-hybridized carbons (Fsp3) is 0.500. The Kier molecular flexibility index (Phi) is 4.59. The molecule has 1 aliphatic rings. The van der Waals surface area contributed by atoms with Crippen molar-refractivity contribution in [3.8, 4) is 0 Å². The van der Waals surface area contributed by atoms with Crippen LogP contribution in [0.25, 0.3) is 0 Å². The molecule has 0 radical (unpaired) electrons. The second-order valence-corrected chi connectivity index (χ2v) is 5.53. The van der Waals surface area contributed by atoms with Crippen LogP contribution in [-0.4, -0.2) is 47.0 Å². The molecule has 18 heavy (non-hydrogen) atoms. The molecular weight excluding hydrogens is 320 g/mol. The molecule has 2 unspecified atom stereocenters. The van der Waals surface area contributed by atoms with Gasteiger partial charge in [0.15, 0.2) is 0 Å². The van der Waals surface area contributed by atoms with Gasteiger partial charge in [-0.25, -0.2) is 0 Å². The van der Waals surface area contributed by atoms with Crippen molar-refractivity contribution in [3.05, 3.63) is 28.5 Å². The van der Waals surface area contributed by atoms with Crippen LogP contribution in [0.1, 0.15) is 17.3 Å². The molecule has 0 spiro atoms. The number of hydrogen-bond donors (Lipinski definition) is 0. The van der Waals surface area contributed by atoms with E-state index in [0.717, 1.165) is 4.47 Å². The minimum Gasteiger partial charge on any atom is -0.373 e. The average Bonchev–Trinajstić information content (AvgIpc) is 2.38. The van der Waals surface area contributed by atoms with E-state index in [0.29, 0.717) is 24.6 Å². The first-order chi connectivity index (χ1) is 8.61. The van der Waals surface area contributed by atoms with Gasteiger partial charge in [0.05, 0.1) is 30.2 Å². The predicted octanol–water partition coefficient (Wildman–Crippen LogP) is 2.31. The summed E-state index contributed by atoms with van der Waals surface area (Å²) < 4.78 is 6.32.